The predicted octanol–water partition coefficient (Wildman–Crippen LogP) is 4.46. The Morgan fingerprint density at radius 1 is 1.21 bits per heavy atom. The normalized spacial score (nSPS) is 21.6. The standard InChI is InChI=1S/C21H29N3O2S2/c1-3-13(2)24-20(26)17-14-9-5-4-6-10-15(14)27-19(17)23-21(24)28-16-11-7-8-12-22-18(16)25/h13,16H,3-12H2,1-2H3,(H,22,25)/t13-,16-/m0/s1. The summed E-state index contributed by atoms with van der Waals surface area (Å²) >= 11 is 3.18. The lowest BCUT2D eigenvalue weighted by Crippen LogP contribution is -2.32. The molecule has 1 aliphatic carbocycles. The van der Waals surface area contributed by atoms with Gasteiger partial charge in [-0.25, -0.2) is 4.98 Å². The highest BCUT2D eigenvalue weighted by molar-refractivity contribution is 8.00. The first kappa shape index (κ1) is 20.0. The first-order chi connectivity index (χ1) is 13.6. The van der Waals surface area contributed by atoms with Gasteiger partial charge >= 0.3 is 0 Å². The van der Waals surface area contributed by atoms with Gasteiger partial charge in [0.15, 0.2) is 5.16 Å². The number of hydrogen-bond acceptors (Lipinski definition) is 5. The van der Waals surface area contributed by atoms with Gasteiger partial charge in [-0.2, -0.15) is 0 Å². The second-order valence-electron chi connectivity index (χ2n) is 7.96. The molecule has 1 fully saturated rings. The Kier molecular flexibility index (Phi) is 6.11. The van der Waals surface area contributed by atoms with Gasteiger partial charge in [-0.1, -0.05) is 31.5 Å². The average Bonchev–Trinajstić information content (AvgIpc) is 2.82. The van der Waals surface area contributed by atoms with E-state index in [2.05, 4.69) is 19.2 Å². The van der Waals surface area contributed by atoms with Crippen LogP contribution in [-0.4, -0.2) is 27.3 Å². The van der Waals surface area contributed by atoms with Crippen LogP contribution < -0.4 is 10.9 Å². The number of thiophene rings is 1. The summed E-state index contributed by atoms with van der Waals surface area (Å²) in [7, 11) is 0. The molecule has 2 atom stereocenters. The molecule has 0 unspecified atom stereocenters. The number of thioether (sulfide) groups is 1. The maximum atomic E-state index is 13.6. The molecular weight excluding hydrogens is 390 g/mol. The number of carbonyl (C=O) groups excluding carboxylic acids is 1. The van der Waals surface area contributed by atoms with Crippen molar-refractivity contribution in [3.05, 3.63) is 20.8 Å². The van der Waals surface area contributed by atoms with Crippen LogP contribution in [0.4, 0.5) is 0 Å². The number of aromatic nitrogens is 2. The summed E-state index contributed by atoms with van der Waals surface area (Å²) in [6.45, 7) is 4.93. The number of nitrogens with zero attached hydrogens (tertiary/aromatic N) is 2. The molecule has 1 N–H and O–H groups in total. The van der Waals surface area contributed by atoms with Crippen molar-refractivity contribution in [2.75, 3.05) is 6.54 Å². The minimum Gasteiger partial charge on any atom is -0.355 e. The molecule has 0 saturated carbocycles. The number of fused-ring (bicyclic) bond motifs is 3. The van der Waals surface area contributed by atoms with E-state index in [1.54, 1.807) is 11.3 Å². The molecule has 1 saturated heterocycles. The maximum absolute atomic E-state index is 13.6. The van der Waals surface area contributed by atoms with Crippen molar-refractivity contribution in [3.63, 3.8) is 0 Å². The van der Waals surface area contributed by atoms with Crippen LogP contribution in [0.3, 0.4) is 0 Å². The van der Waals surface area contributed by atoms with E-state index < -0.39 is 0 Å². The second kappa shape index (κ2) is 8.57. The summed E-state index contributed by atoms with van der Waals surface area (Å²) in [5.74, 6) is 0.0782. The molecule has 28 heavy (non-hydrogen) atoms. The van der Waals surface area contributed by atoms with Crippen LogP contribution in [0, 0.1) is 0 Å². The van der Waals surface area contributed by atoms with Crippen LogP contribution >= 0.6 is 23.1 Å². The lowest BCUT2D eigenvalue weighted by atomic mass is 10.1. The molecule has 0 spiro atoms. The third-order valence-electron chi connectivity index (χ3n) is 6.00. The Balaban J connectivity index is 1.83. The second-order valence-corrected chi connectivity index (χ2v) is 10.2. The van der Waals surface area contributed by atoms with E-state index in [0.717, 1.165) is 61.7 Å². The zero-order valence-electron chi connectivity index (χ0n) is 16.8. The van der Waals surface area contributed by atoms with E-state index in [1.165, 1.54) is 35.0 Å². The fraction of sp³-hybridized carbons (Fsp3) is 0.667. The first-order valence-electron chi connectivity index (χ1n) is 10.6. The van der Waals surface area contributed by atoms with Crippen LogP contribution in [0.15, 0.2) is 9.95 Å². The van der Waals surface area contributed by atoms with Crippen LogP contribution in [0.25, 0.3) is 10.2 Å². The number of nitrogens with one attached hydrogen (secondary N) is 1. The third kappa shape index (κ3) is 3.75. The predicted molar refractivity (Wildman–Crippen MR) is 117 cm³/mol. The first-order valence-corrected chi connectivity index (χ1v) is 12.3. The molecule has 7 heteroatoms. The fourth-order valence-corrected chi connectivity index (χ4v) is 6.74. The largest absolute Gasteiger partial charge is 0.355 e. The molecule has 1 amide bonds. The molecular formula is C21H29N3O2S2. The van der Waals surface area contributed by atoms with Gasteiger partial charge in [-0.3, -0.25) is 14.2 Å². The zero-order valence-corrected chi connectivity index (χ0v) is 18.4. The van der Waals surface area contributed by atoms with Gasteiger partial charge in [0.25, 0.3) is 5.56 Å². The summed E-state index contributed by atoms with van der Waals surface area (Å²) in [5, 5.41) is 4.39. The maximum Gasteiger partial charge on any atom is 0.263 e. The topological polar surface area (TPSA) is 64.0 Å². The highest BCUT2D eigenvalue weighted by Crippen LogP contribution is 2.36. The van der Waals surface area contributed by atoms with E-state index >= 15 is 0 Å². The quantitative estimate of drug-likeness (QED) is 0.587. The summed E-state index contributed by atoms with van der Waals surface area (Å²) < 4.78 is 1.86. The lowest BCUT2D eigenvalue weighted by molar-refractivity contribution is -0.120. The molecule has 0 radical (unpaired) electrons. The molecule has 3 heterocycles. The van der Waals surface area contributed by atoms with Crippen molar-refractivity contribution >= 4 is 39.2 Å². The average molecular weight is 420 g/mol. The van der Waals surface area contributed by atoms with Gasteiger partial charge in [0.05, 0.1) is 10.6 Å². The van der Waals surface area contributed by atoms with Gasteiger partial charge < -0.3 is 5.32 Å². The highest BCUT2D eigenvalue weighted by atomic mass is 32.2. The smallest absolute Gasteiger partial charge is 0.263 e. The van der Waals surface area contributed by atoms with E-state index in [9.17, 15) is 9.59 Å². The van der Waals surface area contributed by atoms with Crippen molar-refractivity contribution < 1.29 is 4.79 Å². The SMILES string of the molecule is CC[C@H](C)n1c(S[C@H]2CCCCNC2=O)nc2sc3c(c2c1=O)CCCCC3. The van der Waals surface area contributed by atoms with Gasteiger partial charge in [0.2, 0.25) is 5.91 Å². The van der Waals surface area contributed by atoms with Crippen LogP contribution in [0.2, 0.25) is 0 Å². The van der Waals surface area contributed by atoms with Gasteiger partial charge in [-0.05, 0) is 57.4 Å². The lowest BCUT2D eigenvalue weighted by Gasteiger charge is -2.20. The molecule has 5 nitrogen and oxygen atoms in total. The van der Waals surface area contributed by atoms with Crippen molar-refractivity contribution in [2.24, 2.45) is 0 Å². The van der Waals surface area contributed by atoms with Crippen LogP contribution in [0.1, 0.15) is 75.3 Å². The number of aryl methyl sites for hydroxylation is 2. The Bertz CT molecular complexity index is 934. The summed E-state index contributed by atoms with van der Waals surface area (Å²) in [4.78, 5) is 33.3. The summed E-state index contributed by atoms with van der Waals surface area (Å²) in [5.41, 5.74) is 1.34. The van der Waals surface area contributed by atoms with Crippen molar-refractivity contribution in [1.82, 2.24) is 14.9 Å². The summed E-state index contributed by atoms with van der Waals surface area (Å²) in [6.07, 6.45) is 9.39. The van der Waals surface area contributed by atoms with E-state index in [1.807, 2.05) is 4.57 Å². The van der Waals surface area contributed by atoms with Crippen molar-refractivity contribution in [3.8, 4) is 0 Å². The molecule has 0 bridgehead atoms. The van der Waals surface area contributed by atoms with Crippen LogP contribution in [0.5, 0.6) is 0 Å². The molecule has 0 aromatic carbocycles. The van der Waals surface area contributed by atoms with Gasteiger partial charge in [-0.15, -0.1) is 11.3 Å². The summed E-state index contributed by atoms with van der Waals surface area (Å²) in [6, 6.07) is 0.0714. The Hall–Kier alpha value is -1.34. The zero-order chi connectivity index (χ0) is 19.7. The molecule has 1 aliphatic heterocycles. The van der Waals surface area contributed by atoms with E-state index in [0.29, 0.717) is 5.16 Å². The van der Waals surface area contributed by atoms with Gasteiger partial charge in [0.1, 0.15) is 4.83 Å². The number of rotatable bonds is 4. The number of hydrogen-bond donors (Lipinski definition) is 1. The molecule has 4 rings (SSSR count). The third-order valence-corrected chi connectivity index (χ3v) is 8.42. The van der Waals surface area contributed by atoms with E-state index in [4.69, 9.17) is 4.98 Å². The van der Waals surface area contributed by atoms with E-state index in [-0.39, 0.29) is 22.8 Å². The highest BCUT2D eigenvalue weighted by Gasteiger charge is 2.27. The minimum absolute atomic E-state index is 0.0714. The molecule has 2 aromatic rings. The van der Waals surface area contributed by atoms with Crippen molar-refractivity contribution in [1.29, 1.82) is 0 Å². The minimum atomic E-state index is -0.167. The molecule has 2 aromatic heterocycles. The molecule has 152 valence electrons. The van der Waals surface area contributed by atoms with Crippen molar-refractivity contribution in [2.45, 2.75) is 88.1 Å². The Morgan fingerprint density at radius 2 is 2.04 bits per heavy atom. The van der Waals surface area contributed by atoms with Crippen LogP contribution in [-0.2, 0) is 17.6 Å². The number of carbonyl (C=O) groups is 1. The fourth-order valence-electron chi connectivity index (χ4n) is 4.18. The molecule has 2 aliphatic rings. The number of amides is 1. The van der Waals surface area contributed by atoms with Gasteiger partial charge in [0, 0.05) is 17.5 Å². The monoisotopic (exact) mass is 419 g/mol. The Labute approximate surface area is 174 Å². The Morgan fingerprint density at radius 3 is 2.86 bits per heavy atom.